The summed E-state index contributed by atoms with van der Waals surface area (Å²) in [6.45, 7) is 0. The van der Waals surface area contributed by atoms with Gasteiger partial charge in [-0.25, -0.2) is 9.18 Å². The summed E-state index contributed by atoms with van der Waals surface area (Å²) < 4.78 is 14.0. The molecule has 0 saturated carbocycles. The summed E-state index contributed by atoms with van der Waals surface area (Å²) in [7, 11) is 0. The van der Waals surface area contributed by atoms with E-state index >= 15 is 0 Å². The van der Waals surface area contributed by atoms with Crippen molar-refractivity contribution in [1.29, 1.82) is 0 Å². The zero-order chi connectivity index (χ0) is 16.8. The Bertz CT molecular complexity index is 829. The van der Waals surface area contributed by atoms with E-state index in [0.29, 0.717) is 27.7 Å². The van der Waals surface area contributed by atoms with Crippen molar-refractivity contribution in [1.82, 2.24) is 9.88 Å². The lowest BCUT2D eigenvalue weighted by Gasteiger charge is -2.36. The van der Waals surface area contributed by atoms with Crippen molar-refractivity contribution < 1.29 is 9.18 Å². The lowest BCUT2D eigenvalue weighted by Crippen LogP contribution is -2.44. The summed E-state index contributed by atoms with van der Waals surface area (Å²) in [6.07, 6.45) is 5.11. The number of fused-ring (bicyclic) bond motifs is 4. The van der Waals surface area contributed by atoms with Crippen LogP contribution in [0, 0.1) is 5.82 Å². The highest BCUT2D eigenvalue weighted by Crippen LogP contribution is 2.44. The Morgan fingerprint density at radius 2 is 2.08 bits per heavy atom. The Balaban J connectivity index is 1.61. The normalized spacial score (nSPS) is 21.5. The molecule has 3 heterocycles. The van der Waals surface area contributed by atoms with Gasteiger partial charge in [-0.3, -0.25) is 4.98 Å². The summed E-state index contributed by atoms with van der Waals surface area (Å²) in [5.74, 6) is -0.283. The standard InChI is InChI=1S/C17H14Cl2FN3O/c18-13-3-1-9(5-14(13)19)22-17(24)23-10-2-4-16(23)12-7-21-8-15(20)11(12)6-10/h1,3,5,7-8,10,16H,2,4,6H2,(H,22,24)/t10-,16+/m1/s1. The third-order valence-electron chi connectivity index (χ3n) is 4.74. The van der Waals surface area contributed by atoms with E-state index in [4.69, 9.17) is 23.2 Å². The van der Waals surface area contributed by atoms with Gasteiger partial charge in [-0.1, -0.05) is 23.2 Å². The molecule has 4 nitrogen and oxygen atoms in total. The van der Waals surface area contributed by atoms with Crippen molar-refractivity contribution >= 4 is 34.9 Å². The number of aromatic nitrogens is 1. The fourth-order valence-electron chi connectivity index (χ4n) is 3.67. The number of hydrogen-bond donors (Lipinski definition) is 1. The van der Waals surface area contributed by atoms with Crippen LogP contribution < -0.4 is 5.32 Å². The SMILES string of the molecule is O=C(Nc1ccc(Cl)c(Cl)c1)N1[C@@H]2CC[C@H]1c1cncc(F)c1C2. The van der Waals surface area contributed by atoms with Crippen molar-refractivity contribution in [3.63, 3.8) is 0 Å². The molecule has 4 rings (SSSR count). The van der Waals surface area contributed by atoms with Gasteiger partial charge in [0.1, 0.15) is 5.82 Å². The average Bonchev–Trinajstić information content (AvgIpc) is 2.87. The van der Waals surface area contributed by atoms with E-state index < -0.39 is 0 Å². The largest absolute Gasteiger partial charge is 0.322 e. The molecule has 1 fully saturated rings. The first-order valence-corrected chi connectivity index (χ1v) is 8.47. The third kappa shape index (κ3) is 2.52. The summed E-state index contributed by atoms with van der Waals surface area (Å²) >= 11 is 11.9. The van der Waals surface area contributed by atoms with Gasteiger partial charge in [0.05, 0.1) is 22.3 Å². The quantitative estimate of drug-likeness (QED) is 0.787. The number of rotatable bonds is 1. The number of halogens is 3. The first-order valence-electron chi connectivity index (χ1n) is 7.71. The fourth-order valence-corrected chi connectivity index (χ4v) is 3.97. The minimum Gasteiger partial charge on any atom is -0.314 e. The molecule has 0 spiro atoms. The van der Waals surface area contributed by atoms with E-state index in [2.05, 4.69) is 10.3 Å². The second-order valence-electron chi connectivity index (χ2n) is 6.11. The first kappa shape index (κ1) is 15.7. The van der Waals surface area contributed by atoms with Gasteiger partial charge in [0.25, 0.3) is 0 Å². The van der Waals surface area contributed by atoms with Crippen molar-refractivity contribution in [2.24, 2.45) is 0 Å². The maximum atomic E-state index is 14.0. The highest BCUT2D eigenvalue weighted by molar-refractivity contribution is 6.42. The zero-order valence-corrected chi connectivity index (χ0v) is 14.1. The van der Waals surface area contributed by atoms with Gasteiger partial charge in [-0.2, -0.15) is 0 Å². The van der Waals surface area contributed by atoms with Gasteiger partial charge in [0.2, 0.25) is 0 Å². The molecule has 2 atom stereocenters. The van der Waals surface area contributed by atoms with Crippen molar-refractivity contribution in [3.05, 3.63) is 57.6 Å². The lowest BCUT2D eigenvalue weighted by molar-refractivity contribution is 0.178. The van der Waals surface area contributed by atoms with Crippen LogP contribution in [0.25, 0.3) is 0 Å². The Morgan fingerprint density at radius 3 is 2.88 bits per heavy atom. The molecule has 7 heteroatoms. The highest BCUT2D eigenvalue weighted by atomic mass is 35.5. The highest BCUT2D eigenvalue weighted by Gasteiger charge is 2.43. The van der Waals surface area contributed by atoms with E-state index in [1.54, 1.807) is 29.3 Å². The van der Waals surface area contributed by atoms with Crippen LogP contribution in [0.2, 0.25) is 10.0 Å². The van der Waals surface area contributed by atoms with Crippen molar-refractivity contribution in [3.8, 4) is 0 Å². The molecule has 1 saturated heterocycles. The Labute approximate surface area is 148 Å². The number of hydrogen-bond acceptors (Lipinski definition) is 2. The monoisotopic (exact) mass is 365 g/mol. The van der Waals surface area contributed by atoms with Gasteiger partial charge >= 0.3 is 6.03 Å². The molecule has 2 aliphatic rings. The van der Waals surface area contributed by atoms with E-state index in [1.165, 1.54) is 6.20 Å². The molecule has 0 unspecified atom stereocenters. The Kier molecular flexibility index (Phi) is 3.85. The molecule has 1 aromatic heterocycles. The molecular formula is C17H14Cl2FN3O. The van der Waals surface area contributed by atoms with Gasteiger partial charge in [0, 0.05) is 17.9 Å². The first-order chi connectivity index (χ1) is 11.5. The summed E-state index contributed by atoms with van der Waals surface area (Å²) in [5.41, 5.74) is 2.08. The van der Waals surface area contributed by atoms with E-state index in [1.807, 2.05) is 0 Å². The number of benzene rings is 1. The summed E-state index contributed by atoms with van der Waals surface area (Å²) in [4.78, 5) is 18.5. The minimum absolute atomic E-state index is 0.00201. The predicted molar refractivity (Wildman–Crippen MR) is 91.0 cm³/mol. The molecule has 2 amide bonds. The Hall–Kier alpha value is -1.85. The van der Waals surface area contributed by atoms with Crippen molar-refractivity contribution in [2.45, 2.75) is 31.3 Å². The maximum absolute atomic E-state index is 14.0. The van der Waals surface area contributed by atoms with Gasteiger partial charge < -0.3 is 10.2 Å². The second kappa shape index (κ2) is 5.90. The van der Waals surface area contributed by atoms with Crippen LogP contribution in [-0.2, 0) is 6.42 Å². The molecule has 1 aromatic carbocycles. The number of carbonyl (C=O) groups excluding carboxylic acids is 1. The molecule has 2 aromatic rings. The number of amides is 2. The number of nitrogens with one attached hydrogen (secondary N) is 1. The molecule has 1 N–H and O–H groups in total. The molecule has 2 aliphatic heterocycles. The number of carbonyl (C=O) groups is 1. The molecule has 2 bridgehead atoms. The second-order valence-corrected chi connectivity index (χ2v) is 6.92. The van der Waals surface area contributed by atoms with Crippen LogP contribution in [0.4, 0.5) is 14.9 Å². The average molecular weight is 366 g/mol. The zero-order valence-electron chi connectivity index (χ0n) is 12.6. The predicted octanol–water partition coefficient (Wildman–Crippen LogP) is 4.82. The lowest BCUT2D eigenvalue weighted by atomic mass is 9.95. The van der Waals surface area contributed by atoms with Crippen LogP contribution >= 0.6 is 23.2 Å². The molecular weight excluding hydrogens is 352 g/mol. The molecule has 124 valence electrons. The summed E-state index contributed by atoms with van der Waals surface area (Å²) in [5, 5.41) is 3.67. The maximum Gasteiger partial charge on any atom is 0.322 e. The summed E-state index contributed by atoms with van der Waals surface area (Å²) in [6, 6.07) is 4.61. The fraction of sp³-hybridized carbons (Fsp3) is 0.294. The topological polar surface area (TPSA) is 45.2 Å². The molecule has 0 aliphatic carbocycles. The molecule has 0 radical (unpaired) electrons. The van der Waals surface area contributed by atoms with E-state index in [0.717, 1.165) is 18.4 Å². The van der Waals surface area contributed by atoms with Crippen molar-refractivity contribution in [2.75, 3.05) is 5.32 Å². The third-order valence-corrected chi connectivity index (χ3v) is 5.48. The number of anilines is 1. The van der Waals surface area contributed by atoms with Crippen LogP contribution in [0.1, 0.15) is 30.0 Å². The number of nitrogens with zero attached hydrogens (tertiary/aromatic N) is 2. The smallest absolute Gasteiger partial charge is 0.314 e. The van der Waals surface area contributed by atoms with Crippen LogP contribution in [0.3, 0.4) is 0 Å². The molecule has 24 heavy (non-hydrogen) atoms. The van der Waals surface area contributed by atoms with E-state index in [9.17, 15) is 9.18 Å². The van der Waals surface area contributed by atoms with E-state index in [-0.39, 0.29) is 23.9 Å². The van der Waals surface area contributed by atoms with Crippen LogP contribution in [0.5, 0.6) is 0 Å². The number of pyridine rings is 1. The minimum atomic E-state index is -0.283. The Morgan fingerprint density at radius 1 is 1.25 bits per heavy atom. The van der Waals surface area contributed by atoms with Gasteiger partial charge in [-0.05, 0) is 48.6 Å². The number of urea groups is 1. The van der Waals surface area contributed by atoms with Gasteiger partial charge in [0.15, 0.2) is 0 Å². The van der Waals surface area contributed by atoms with Gasteiger partial charge in [-0.15, -0.1) is 0 Å². The van der Waals surface area contributed by atoms with Crippen LogP contribution in [0.15, 0.2) is 30.6 Å². The van der Waals surface area contributed by atoms with Crippen LogP contribution in [-0.4, -0.2) is 22.0 Å².